The third-order valence-electron chi connectivity index (χ3n) is 4.17. The van der Waals surface area contributed by atoms with Gasteiger partial charge in [-0.25, -0.2) is 9.97 Å². The van der Waals surface area contributed by atoms with Gasteiger partial charge in [-0.15, -0.1) is 0 Å². The maximum Gasteiger partial charge on any atom is 0.257 e. The second kappa shape index (κ2) is 8.34. The summed E-state index contributed by atoms with van der Waals surface area (Å²) < 4.78 is 5.48. The van der Waals surface area contributed by atoms with Crippen LogP contribution in [0, 0.1) is 6.92 Å². The lowest BCUT2D eigenvalue weighted by Crippen LogP contribution is -2.19. The first kappa shape index (κ1) is 18.5. The zero-order chi connectivity index (χ0) is 17.7. The van der Waals surface area contributed by atoms with Crippen LogP contribution in [0.4, 0.5) is 5.82 Å². The lowest BCUT2D eigenvalue weighted by Gasteiger charge is -2.19. The summed E-state index contributed by atoms with van der Waals surface area (Å²) in [5, 5.41) is 4.13. The fourth-order valence-corrected chi connectivity index (χ4v) is 2.98. The van der Waals surface area contributed by atoms with Crippen molar-refractivity contribution in [2.45, 2.75) is 53.0 Å². The van der Waals surface area contributed by atoms with Crippen LogP contribution in [0.1, 0.15) is 44.9 Å². The Morgan fingerprint density at radius 1 is 1.17 bits per heavy atom. The number of nitrogens with one attached hydrogen (secondary N) is 1. The van der Waals surface area contributed by atoms with Crippen molar-refractivity contribution in [1.82, 2.24) is 9.97 Å². The number of hydrogen-bond donors (Lipinski definition) is 1. The number of aryl methyl sites for hydroxylation is 2. The van der Waals surface area contributed by atoms with E-state index >= 15 is 0 Å². The molecule has 0 saturated carbocycles. The summed E-state index contributed by atoms with van der Waals surface area (Å²) in [6, 6.07) is 6.33. The summed E-state index contributed by atoms with van der Waals surface area (Å²) in [7, 11) is 1.62. The highest BCUT2D eigenvalue weighted by atomic mass is 35.5. The summed E-state index contributed by atoms with van der Waals surface area (Å²) in [6.07, 6.45) is 2.82. The van der Waals surface area contributed by atoms with E-state index < -0.39 is 0 Å². The molecule has 1 heterocycles. The molecule has 0 fully saturated rings. The zero-order valence-corrected chi connectivity index (χ0v) is 15.9. The molecule has 5 heteroatoms. The standard InChI is InChI=1S/C19H26ClN3O/c1-6-13(7-2)21-18-19(24-5)23-17(16(8-3)22-18)14-10-9-12(4)11-15(14)20/h9-11,13H,6-8H2,1-5H3,(H,21,22). The Balaban J connectivity index is 2.53. The van der Waals surface area contributed by atoms with Gasteiger partial charge in [-0.3, -0.25) is 0 Å². The van der Waals surface area contributed by atoms with Gasteiger partial charge in [0.15, 0.2) is 5.82 Å². The van der Waals surface area contributed by atoms with E-state index in [9.17, 15) is 0 Å². The van der Waals surface area contributed by atoms with Crippen LogP contribution in [-0.2, 0) is 6.42 Å². The van der Waals surface area contributed by atoms with E-state index in [0.717, 1.165) is 41.8 Å². The highest BCUT2D eigenvalue weighted by Crippen LogP contribution is 2.33. The molecule has 0 aliphatic heterocycles. The summed E-state index contributed by atoms with van der Waals surface area (Å²) in [5.74, 6) is 1.21. The van der Waals surface area contributed by atoms with Crippen molar-refractivity contribution < 1.29 is 4.74 Å². The maximum absolute atomic E-state index is 6.43. The van der Waals surface area contributed by atoms with Gasteiger partial charge in [0.25, 0.3) is 5.88 Å². The van der Waals surface area contributed by atoms with Crippen molar-refractivity contribution >= 4 is 17.4 Å². The molecule has 24 heavy (non-hydrogen) atoms. The fraction of sp³-hybridized carbons (Fsp3) is 0.474. The van der Waals surface area contributed by atoms with Crippen LogP contribution < -0.4 is 10.1 Å². The van der Waals surface area contributed by atoms with E-state index in [1.54, 1.807) is 7.11 Å². The Kier molecular flexibility index (Phi) is 6.44. The van der Waals surface area contributed by atoms with E-state index in [2.05, 4.69) is 26.1 Å². The molecule has 1 aromatic carbocycles. The predicted octanol–water partition coefficient (Wildman–Crippen LogP) is 5.28. The van der Waals surface area contributed by atoms with Crippen molar-refractivity contribution in [3.05, 3.63) is 34.5 Å². The Bertz CT molecular complexity index is 699. The molecule has 2 aromatic rings. The number of halogens is 1. The molecule has 0 bridgehead atoms. The van der Waals surface area contributed by atoms with Crippen molar-refractivity contribution in [3.8, 4) is 17.1 Å². The molecule has 1 N–H and O–H groups in total. The van der Waals surface area contributed by atoms with Gasteiger partial charge in [0.05, 0.1) is 23.5 Å². The number of aromatic nitrogens is 2. The van der Waals surface area contributed by atoms with Crippen LogP contribution in [0.15, 0.2) is 18.2 Å². The van der Waals surface area contributed by atoms with Crippen LogP contribution in [0.3, 0.4) is 0 Å². The molecular weight excluding hydrogens is 322 g/mol. The minimum Gasteiger partial charge on any atom is -0.478 e. The van der Waals surface area contributed by atoms with Gasteiger partial charge in [0.2, 0.25) is 0 Å². The lowest BCUT2D eigenvalue weighted by atomic mass is 10.1. The van der Waals surface area contributed by atoms with E-state index in [4.69, 9.17) is 26.3 Å². The lowest BCUT2D eigenvalue weighted by molar-refractivity contribution is 0.397. The molecule has 0 atom stereocenters. The predicted molar refractivity (Wildman–Crippen MR) is 101 cm³/mol. The van der Waals surface area contributed by atoms with Crippen LogP contribution in [0.25, 0.3) is 11.3 Å². The van der Waals surface area contributed by atoms with Gasteiger partial charge in [-0.05, 0) is 37.8 Å². The maximum atomic E-state index is 6.43. The summed E-state index contributed by atoms with van der Waals surface area (Å²) in [5.41, 5.74) is 3.71. The quantitative estimate of drug-likeness (QED) is 0.740. The normalized spacial score (nSPS) is 11.0. The van der Waals surface area contributed by atoms with Crippen LogP contribution in [0.5, 0.6) is 5.88 Å². The molecule has 0 spiro atoms. The summed E-state index contributed by atoms with van der Waals surface area (Å²) >= 11 is 6.43. The first-order valence-corrected chi connectivity index (χ1v) is 8.89. The molecule has 0 radical (unpaired) electrons. The summed E-state index contributed by atoms with van der Waals surface area (Å²) in [6.45, 7) is 8.40. The topological polar surface area (TPSA) is 47.0 Å². The first-order chi connectivity index (χ1) is 11.5. The number of methoxy groups -OCH3 is 1. The second-order valence-electron chi connectivity index (χ2n) is 5.87. The number of ether oxygens (including phenoxy) is 1. The van der Waals surface area contributed by atoms with Gasteiger partial charge < -0.3 is 10.1 Å². The molecule has 1 aromatic heterocycles. The van der Waals surface area contributed by atoms with Gasteiger partial charge in [-0.2, -0.15) is 0 Å². The third kappa shape index (κ3) is 3.99. The number of benzene rings is 1. The number of rotatable bonds is 7. The smallest absolute Gasteiger partial charge is 0.257 e. The average Bonchev–Trinajstić information content (AvgIpc) is 2.59. The highest BCUT2D eigenvalue weighted by molar-refractivity contribution is 6.33. The first-order valence-electron chi connectivity index (χ1n) is 8.51. The largest absolute Gasteiger partial charge is 0.478 e. The number of nitrogens with zero attached hydrogens (tertiary/aromatic N) is 2. The van der Waals surface area contributed by atoms with Crippen molar-refractivity contribution in [1.29, 1.82) is 0 Å². The SMILES string of the molecule is CCc1nc(NC(CC)CC)c(OC)nc1-c1ccc(C)cc1Cl. The van der Waals surface area contributed by atoms with E-state index in [0.29, 0.717) is 22.8 Å². The van der Waals surface area contributed by atoms with Crippen molar-refractivity contribution in [3.63, 3.8) is 0 Å². The molecule has 0 aliphatic carbocycles. The molecule has 130 valence electrons. The number of hydrogen-bond acceptors (Lipinski definition) is 4. The Labute approximate surface area is 149 Å². The van der Waals surface area contributed by atoms with Gasteiger partial charge in [0.1, 0.15) is 0 Å². The third-order valence-corrected chi connectivity index (χ3v) is 4.48. The van der Waals surface area contributed by atoms with Crippen LogP contribution >= 0.6 is 11.6 Å². The molecule has 0 amide bonds. The molecule has 0 unspecified atom stereocenters. The van der Waals surface area contributed by atoms with Crippen LogP contribution in [0.2, 0.25) is 5.02 Å². The molecular formula is C19H26ClN3O. The fourth-order valence-electron chi connectivity index (χ4n) is 2.65. The van der Waals surface area contributed by atoms with Gasteiger partial charge in [0, 0.05) is 11.6 Å². The Morgan fingerprint density at radius 2 is 1.88 bits per heavy atom. The second-order valence-corrected chi connectivity index (χ2v) is 6.28. The number of anilines is 1. The molecule has 2 rings (SSSR count). The Hall–Kier alpha value is -1.81. The summed E-state index contributed by atoms with van der Waals surface area (Å²) in [4.78, 5) is 9.49. The zero-order valence-electron chi connectivity index (χ0n) is 15.1. The monoisotopic (exact) mass is 347 g/mol. The Morgan fingerprint density at radius 3 is 2.42 bits per heavy atom. The van der Waals surface area contributed by atoms with Crippen LogP contribution in [-0.4, -0.2) is 23.1 Å². The molecule has 0 aliphatic rings. The average molecular weight is 348 g/mol. The molecule has 0 saturated heterocycles. The van der Waals surface area contributed by atoms with Gasteiger partial charge in [-0.1, -0.05) is 44.5 Å². The van der Waals surface area contributed by atoms with Gasteiger partial charge >= 0.3 is 0 Å². The minimum absolute atomic E-state index is 0.353. The van der Waals surface area contributed by atoms with E-state index in [1.165, 1.54) is 0 Å². The van der Waals surface area contributed by atoms with Crippen molar-refractivity contribution in [2.24, 2.45) is 0 Å². The van der Waals surface area contributed by atoms with E-state index in [-0.39, 0.29) is 0 Å². The van der Waals surface area contributed by atoms with Crippen molar-refractivity contribution in [2.75, 3.05) is 12.4 Å². The molecule has 4 nitrogen and oxygen atoms in total. The highest BCUT2D eigenvalue weighted by Gasteiger charge is 2.18. The minimum atomic E-state index is 0.353. The van der Waals surface area contributed by atoms with E-state index in [1.807, 2.05) is 25.1 Å².